The lowest BCUT2D eigenvalue weighted by molar-refractivity contribution is 0.0583. The van der Waals surface area contributed by atoms with Gasteiger partial charge in [-0.05, 0) is 25.2 Å². The number of ether oxygens (including phenoxy) is 1. The fourth-order valence-corrected chi connectivity index (χ4v) is 2.38. The molecule has 0 bridgehead atoms. The minimum Gasteiger partial charge on any atom is -0.377 e. The van der Waals surface area contributed by atoms with Crippen LogP contribution in [0, 0.1) is 5.92 Å². The van der Waals surface area contributed by atoms with E-state index in [1.807, 2.05) is 0 Å². The zero-order valence-electron chi connectivity index (χ0n) is 10.6. The lowest BCUT2D eigenvalue weighted by Gasteiger charge is -2.21. The van der Waals surface area contributed by atoms with Crippen LogP contribution in [0.3, 0.4) is 0 Å². The molecule has 1 aliphatic rings. The molecule has 0 radical (unpaired) electrons. The quantitative estimate of drug-likeness (QED) is 0.656. The lowest BCUT2D eigenvalue weighted by atomic mass is 10.0. The molecule has 0 saturated heterocycles. The number of hydrogen-bond donors (Lipinski definition) is 1. The van der Waals surface area contributed by atoms with E-state index in [0.29, 0.717) is 12.1 Å². The molecule has 0 aliphatic heterocycles. The first-order valence-corrected chi connectivity index (χ1v) is 6.59. The highest BCUT2D eigenvalue weighted by Crippen LogP contribution is 2.20. The Hall–Kier alpha value is -0.0800. The molecule has 0 amide bonds. The maximum absolute atomic E-state index is 5.82. The van der Waals surface area contributed by atoms with Gasteiger partial charge in [-0.1, -0.05) is 33.6 Å². The molecule has 15 heavy (non-hydrogen) atoms. The van der Waals surface area contributed by atoms with E-state index >= 15 is 0 Å². The highest BCUT2D eigenvalue weighted by molar-refractivity contribution is 4.69. The molecule has 1 aliphatic carbocycles. The second-order valence-corrected chi connectivity index (χ2v) is 4.99. The third kappa shape index (κ3) is 4.98. The van der Waals surface area contributed by atoms with Gasteiger partial charge < -0.3 is 10.1 Å². The van der Waals surface area contributed by atoms with E-state index in [1.54, 1.807) is 0 Å². The monoisotopic (exact) mass is 213 g/mol. The number of hydrogen-bond acceptors (Lipinski definition) is 2. The van der Waals surface area contributed by atoms with Gasteiger partial charge in [0.1, 0.15) is 0 Å². The summed E-state index contributed by atoms with van der Waals surface area (Å²) in [7, 11) is 0. The minimum absolute atomic E-state index is 0.561. The molecular weight excluding hydrogens is 186 g/mol. The van der Waals surface area contributed by atoms with Gasteiger partial charge in [0.2, 0.25) is 0 Å². The second-order valence-electron chi connectivity index (χ2n) is 4.99. The van der Waals surface area contributed by atoms with E-state index in [9.17, 15) is 0 Å². The molecule has 1 unspecified atom stereocenters. The minimum atomic E-state index is 0.561. The van der Waals surface area contributed by atoms with Crippen LogP contribution in [-0.4, -0.2) is 25.3 Å². The summed E-state index contributed by atoms with van der Waals surface area (Å²) in [5.41, 5.74) is 0. The van der Waals surface area contributed by atoms with Crippen LogP contribution in [0.4, 0.5) is 0 Å². The Morgan fingerprint density at radius 3 is 2.47 bits per heavy atom. The Kier molecular flexibility index (Phi) is 6.26. The molecule has 2 nitrogen and oxygen atoms in total. The summed E-state index contributed by atoms with van der Waals surface area (Å²) < 4.78 is 5.82. The predicted molar refractivity (Wildman–Crippen MR) is 65.1 cm³/mol. The third-order valence-electron chi connectivity index (χ3n) is 3.41. The summed E-state index contributed by atoms with van der Waals surface area (Å²) in [6.07, 6.45) is 7.05. The molecule has 1 fully saturated rings. The molecule has 0 heterocycles. The number of nitrogens with one attached hydrogen (secondary N) is 1. The van der Waals surface area contributed by atoms with Crippen LogP contribution in [0.5, 0.6) is 0 Å². The van der Waals surface area contributed by atoms with Crippen molar-refractivity contribution >= 4 is 0 Å². The van der Waals surface area contributed by atoms with Gasteiger partial charge in [0, 0.05) is 12.6 Å². The zero-order valence-corrected chi connectivity index (χ0v) is 10.6. The van der Waals surface area contributed by atoms with Crippen LogP contribution < -0.4 is 5.32 Å². The molecule has 1 atom stereocenters. The maximum atomic E-state index is 5.82. The largest absolute Gasteiger partial charge is 0.377 e. The van der Waals surface area contributed by atoms with Crippen molar-refractivity contribution < 1.29 is 4.74 Å². The predicted octanol–water partition coefficient (Wildman–Crippen LogP) is 2.97. The first-order valence-electron chi connectivity index (χ1n) is 6.59. The van der Waals surface area contributed by atoms with Crippen LogP contribution in [-0.2, 0) is 4.74 Å². The van der Waals surface area contributed by atoms with Crippen molar-refractivity contribution in [2.45, 2.75) is 65.0 Å². The summed E-state index contributed by atoms with van der Waals surface area (Å²) in [6.45, 7) is 8.69. The highest BCUT2D eigenvalue weighted by atomic mass is 16.5. The summed E-state index contributed by atoms with van der Waals surface area (Å²) in [6, 6.07) is 0.650. The average Bonchev–Trinajstić information content (AvgIpc) is 2.70. The van der Waals surface area contributed by atoms with Gasteiger partial charge in [0.05, 0.1) is 12.7 Å². The SMILES string of the molecule is CCC(NCCOC1CCCC1)C(C)C. The summed E-state index contributed by atoms with van der Waals surface area (Å²) in [5, 5.41) is 3.57. The Morgan fingerprint density at radius 2 is 1.93 bits per heavy atom. The number of rotatable bonds is 7. The smallest absolute Gasteiger partial charge is 0.0594 e. The van der Waals surface area contributed by atoms with Gasteiger partial charge >= 0.3 is 0 Å². The van der Waals surface area contributed by atoms with Crippen LogP contribution in [0.2, 0.25) is 0 Å². The highest BCUT2D eigenvalue weighted by Gasteiger charge is 2.15. The van der Waals surface area contributed by atoms with Crippen molar-refractivity contribution in [2.24, 2.45) is 5.92 Å². The molecule has 1 saturated carbocycles. The normalized spacial score (nSPS) is 20.0. The van der Waals surface area contributed by atoms with E-state index in [2.05, 4.69) is 26.1 Å². The van der Waals surface area contributed by atoms with Gasteiger partial charge in [-0.3, -0.25) is 0 Å². The molecule has 1 rings (SSSR count). The first-order chi connectivity index (χ1) is 7.24. The summed E-state index contributed by atoms with van der Waals surface area (Å²) in [4.78, 5) is 0. The molecule has 2 heteroatoms. The van der Waals surface area contributed by atoms with Crippen molar-refractivity contribution in [3.63, 3.8) is 0 Å². The van der Waals surface area contributed by atoms with E-state index in [1.165, 1.54) is 32.1 Å². The fraction of sp³-hybridized carbons (Fsp3) is 1.00. The van der Waals surface area contributed by atoms with Crippen molar-refractivity contribution in [2.75, 3.05) is 13.2 Å². The molecule has 0 spiro atoms. The van der Waals surface area contributed by atoms with Gasteiger partial charge in [0.15, 0.2) is 0 Å². The molecule has 1 N–H and O–H groups in total. The van der Waals surface area contributed by atoms with Crippen molar-refractivity contribution in [3.8, 4) is 0 Å². The maximum Gasteiger partial charge on any atom is 0.0594 e. The summed E-state index contributed by atoms with van der Waals surface area (Å²) >= 11 is 0. The van der Waals surface area contributed by atoms with Crippen LogP contribution in [0.15, 0.2) is 0 Å². The van der Waals surface area contributed by atoms with Gasteiger partial charge in [-0.2, -0.15) is 0 Å². The van der Waals surface area contributed by atoms with Crippen molar-refractivity contribution in [1.29, 1.82) is 0 Å². The van der Waals surface area contributed by atoms with E-state index in [-0.39, 0.29) is 0 Å². The standard InChI is InChI=1S/C13H27NO/c1-4-13(11(2)3)14-9-10-15-12-7-5-6-8-12/h11-14H,4-10H2,1-3H3. The van der Waals surface area contributed by atoms with E-state index in [0.717, 1.165) is 19.1 Å². The third-order valence-corrected chi connectivity index (χ3v) is 3.41. The van der Waals surface area contributed by atoms with Crippen LogP contribution >= 0.6 is 0 Å². The lowest BCUT2D eigenvalue weighted by Crippen LogP contribution is -2.35. The van der Waals surface area contributed by atoms with Gasteiger partial charge in [0.25, 0.3) is 0 Å². The Bertz CT molecular complexity index is 153. The average molecular weight is 213 g/mol. The Balaban J connectivity index is 1.99. The van der Waals surface area contributed by atoms with Crippen LogP contribution in [0.1, 0.15) is 52.9 Å². The van der Waals surface area contributed by atoms with Crippen LogP contribution in [0.25, 0.3) is 0 Å². The molecule has 0 aromatic rings. The van der Waals surface area contributed by atoms with E-state index < -0.39 is 0 Å². The Morgan fingerprint density at radius 1 is 1.27 bits per heavy atom. The van der Waals surface area contributed by atoms with Gasteiger partial charge in [-0.25, -0.2) is 0 Å². The Labute approximate surface area is 94.8 Å². The topological polar surface area (TPSA) is 21.3 Å². The van der Waals surface area contributed by atoms with Gasteiger partial charge in [-0.15, -0.1) is 0 Å². The molecule has 90 valence electrons. The second kappa shape index (κ2) is 7.24. The van der Waals surface area contributed by atoms with Crippen molar-refractivity contribution in [3.05, 3.63) is 0 Å². The molecule has 0 aromatic heterocycles. The molecular formula is C13H27NO. The fourth-order valence-electron chi connectivity index (χ4n) is 2.38. The van der Waals surface area contributed by atoms with Crippen molar-refractivity contribution in [1.82, 2.24) is 5.32 Å². The zero-order chi connectivity index (χ0) is 11.1. The molecule has 0 aromatic carbocycles. The first kappa shape index (κ1) is 13.0. The van der Waals surface area contributed by atoms with E-state index in [4.69, 9.17) is 4.74 Å². The summed E-state index contributed by atoms with van der Waals surface area (Å²) in [5.74, 6) is 0.724.